The van der Waals surface area contributed by atoms with E-state index in [9.17, 15) is 13.6 Å². The fraction of sp³-hybridized carbons (Fsp3) is 0.400. The van der Waals surface area contributed by atoms with Gasteiger partial charge in [0.25, 0.3) is 5.92 Å². The van der Waals surface area contributed by atoms with Crippen LogP contribution in [0.4, 0.5) is 8.78 Å². The Morgan fingerprint density at radius 3 is 2.61 bits per heavy atom. The third kappa shape index (κ3) is 6.73. The van der Waals surface area contributed by atoms with Crippen LogP contribution in [-0.4, -0.2) is 35.7 Å². The van der Waals surface area contributed by atoms with Gasteiger partial charge < -0.3 is 11.1 Å². The molecule has 0 aliphatic heterocycles. The molecule has 0 spiro atoms. The third-order valence-corrected chi connectivity index (χ3v) is 2.87. The molecule has 3 N–H and O–H groups in total. The van der Waals surface area contributed by atoms with E-state index in [-0.39, 0.29) is 18.2 Å². The SMILES string of the molecule is Cl.NCC(F)(F)CNC(=O)CSc1ccncc1. The quantitative estimate of drug-likeness (QED) is 0.777. The Bertz CT molecular complexity index is 367. The average molecular weight is 298 g/mol. The number of carbonyl (C=O) groups is 1. The van der Waals surface area contributed by atoms with Gasteiger partial charge in [0, 0.05) is 17.3 Å². The van der Waals surface area contributed by atoms with Gasteiger partial charge in [0.15, 0.2) is 0 Å². The molecule has 4 nitrogen and oxygen atoms in total. The van der Waals surface area contributed by atoms with Gasteiger partial charge in [-0.25, -0.2) is 8.78 Å². The highest BCUT2D eigenvalue weighted by Crippen LogP contribution is 2.15. The zero-order chi connectivity index (χ0) is 12.7. The number of nitrogens with two attached hydrogens (primary N) is 1. The van der Waals surface area contributed by atoms with E-state index in [1.165, 1.54) is 11.8 Å². The van der Waals surface area contributed by atoms with Crippen molar-refractivity contribution in [3.05, 3.63) is 24.5 Å². The van der Waals surface area contributed by atoms with Crippen LogP contribution in [0.3, 0.4) is 0 Å². The van der Waals surface area contributed by atoms with Crippen molar-refractivity contribution in [2.24, 2.45) is 5.73 Å². The molecule has 1 aromatic rings. The number of carbonyl (C=O) groups excluding carboxylic acids is 1. The molecule has 0 saturated carbocycles. The molecule has 0 saturated heterocycles. The zero-order valence-corrected chi connectivity index (χ0v) is 11.1. The van der Waals surface area contributed by atoms with Crippen LogP contribution < -0.4 is 11.1 Å². The molecule has 102 valence electrons. The second kappa shape index (κ2) is 8.23. The summed E-state index contributed by atoms with van der Waals surface area (Å²) in [5.41, 5.74) is 4.84. The summed E-state index contributed by atoms with van der Waals surface area (Å²) in [6, 6.07) is 3.48. The fourth-order valence-electron chi connectivity index (χ4n) is 0.934. The number of nitrogens with one attached hydrogen (secondary N) is 1. The van der Waals surface area contributed by atoms with Crippen molar-refractivity contribution in [3.63, 3.8) is 0 Å². The van der Waals surface area contributed by atoms with Gasteiger partial charge in [-0.15, -0.1) is 24.2 Å². The van der Waals surface area contributed by atoms with Gasteiger partial charge in [-0.2, -0.15) is 0 Å². The number of thioether (sulfide) groups is 1. The summed E-state index contributed by atoms with van der Waals surface area (Å²) >= 11 is 1.26. The van der Waals surface area contributed by atoms with Gasteiger partial charge in [0.1, 0.15) is 0 Å². The lowest BCUT2D eigenvalue weighted by Crippen LogP contribution is -2.42. The van der Waals surface area contributed by atoms with Crippen LogP contribution in [0.5, 0.6) is 0 Å². The molecule has 1 heterocycles. The summed E-state index contributed by atoms with van der Waals surface area (Å²) in [6.45, 7) is -1.50. The standard InChI is InChI=1S/C10H13F2N3OS.ClH/c11-10(12,6-13)7-15-9(16)5-17-8-1-3-14-4-2-8;/h1-4H,5-7,13H2,(H,15,16);1H. The Labute approximate surface area is 114 Å². The molecule has 0 bridgehead atoms. The van der Waals surface area contributed by atoms with Crippen molar-refractivity contribution in [2.45, 2.75) is 10.8 Å². The van der Waals surface area contributed by atoms with Crippen molar-refractivity contribution < 1.29 is 13.6 Å². The molecule has 0 aliphatic carbocycles. The van der Waals surface area contributed by atoms with Gasteiger partial charge in [0.05, 0.1) is 18.8 Å². The number of rotatable bonds is 6. The van der Waals surface area contributed by atoms with Crippen molar-refractivity contribution in [3.8, 4) is 0 Å². The first-order chi connectivity index (χ1) is 8.03. The van der Waals surface area contributed by atoms with Crippen LogP contribution in [0.25, 0.3) is 0 Å². The summed E-state index contributed by atoms with van der Waals surface area (Å²) in [5, 5.41) is 2.14. The normalized spacial score (nSPS) is 10.6. The lowest BCUT2D eigenvalue weighted by Gasteiger charge is -2.14. The predicted octanol–water partition coefficient (Wildman–Crippen LogP) is 1.31. The first kappa shape index (κ1) is 17.1. The average Bonchev–Trinajstić information content (AvgIpc) is 2.35. The Hall–Kier alpha value is -0.920. The molecule has 8 heteroatoms. The number of hydrogen-bond acceptors (Lipinski definition) is 4. The topological polar surface area (TPSA) is 68.0 Å². The Balaban J connectivity index is 0.00000289. The largest absolute Gasteiger partial charge is 0.349 e. The van der Waals surface area contributed by atoms with E-state index in [0.717, 1.165) is 4.90 Å². The molecule has 0 unspecified atom stereocenters. The van der Waals surface area contributed by atoms with E-state index < -0.39 is 24.9 Å². The van der Waals surface area contributed by atoms with Gasteiger partial charge in [-0.3, -0.25) is 9.78 Å². The minimum absolute atomic E-state index is 0. The number of pyridine rings is 1. The van der Waals surface area contributed by atoms with E-state index in [4.69, 9.17) is 5.73 Å². The number of alkyl halides is 2. The maximum absolute atomic E-state index is 12.7. The van der Waals surface area contributed by atoms with E-state index >= 15 is 0 Å². The van der Waals surface area contributed by atoms with Crippen LogP contribution in [0.15, 0.2) is 29.4 Å². The lowest BCUT2D eigenvalue weighted by molar-refractivity contribution is -0.120. The number of nitrogens with zero attached hydrogens (tertiary/aromatic N) is 1. The smallest absolute Gasteiger partial charge is 0.277 e. The highest BCUT2D eigenvalue weighted by molar-refractivity contribution is 8.00. The summed E-state index contributed by atoms with van der Waals surface area (Å²) < 4.78 is 25.4. The van der Waals surface area contributed by atoms with Crippen molar-refractivity contribution in [1.29, 1.82) is 0 Å². The predicted molar refractivity (Wildman–Crippen MR) is 69.2 cm³/mol. The lowest BCUT2D eigenvalue weighted by atomic mass is 10.3. The maximum Gasteiger partial charge on any atom is 0.277 e. The second-order valence-electron chi connectivity index (χ2n) is 3.31. The zero-order valence-electron chi connectivity index (χ0n) is 9.44. The number of aromatic nitrogens is 1. The van der Waals surface area contributed by atoms with Crippen molar-refractivity contribution >= 4 is 30.1 Å². The second-order valence-corrected chi connectivity index (χ2v) is 4.36. The number of hydrogen-bond donors (Lipinski definition) is 2. The van der Waals surface area contributed by atoms with Crippen LogP contribution >= 0.6 is 24.2 Å². The summed E-state index contributed by atoms with van der Waals surface area (Å²) in [6.07, 6.45) is 3.20. The molecule has 0 aliphatic rings. The minimum atomic E-state index is -3.04. The van der Waals surface area contributed by atoms with Crippen LogP contribution in [0.2, 0.25) is 0 Å². The van der Waals surface area contributed by atoms with Gasteiger partial charge in [-0.05, 0) is 12.1 Å². The van der Waals surface area contributed by atoms with Crippen LogP contribution in [-0.2, 0) is 4.79 Å². The van der Waals surface area contributed by atoms with Gasteiger partial charge >= 0.3 is 0 Å². The third-order valence-electron chi connectivity index (χ3n) is 1.86. The molecule has 1 aromatic heterocycles. The molecule has 0 aromatic carbocycles. The van der Waals surface area contributed by atoms with E-state index in [0.29, 0.717) is 0 Å². The molecule has 0 atom stereocenters. The molecule has 1 amide bonds. The van der Waals surface area contributed by atoms with Crippen LogP contribution in [0.1, 0.15) is 0 Å². The Morgan fingerprint density at radius 1 is 1.44 bits per heavy atom. The summed E-state index contributed by atoms with van der Waals surface area (Å²) in [4.78, 5) is 15.9. The highest BCUT2D eigenvalue weighted by atomic mass is 35.5. The first-order valence-corrected chi connectivity index (χ1v) is 5.89. The van der Waals surface area contributed by atoms with E-state index in [2.05, 4.69) is 10.3 Å². The Kier molecular flexibility index (Phi) is 7.81. The van der Waals surface area contributed by atoms with E-state index in [1.54, 1.807) is 24.5 Å². The fourth-order valence-corrected chi connectivity index (χ4v) is 1.65. The molecule has 1 rings (SSSR count). The molecule has 0 radical (unpaired) electrons. The molecule has 18 heavy (non-hydrogen) atoms. The van der Waals surface area contributed by atoms with Crippen molar-refractivity contribution in [2.75, 3.05) is 18.8 Å². The van der Waals surface area contributed by atoms with Gasteiger partial charge in [0.2, 0.25) is 5.91 Å². The molecular weight excluding hydrogens is 284 g/mol. The number of halogens is 3. The van der Waals surface area contributed by atoms with Crippen molar-refractivity contribution in [1.82, 2.24) is 10.3 Å². The number of amides is 1. The minimum Gasteiger partial charge on any atom is -0.349 e. The Morgan fingerprint density at radius 2 is 2.06 bits per heavy atom. The summed E-state index contributed by atoms with van der Waals surface area (Å²) in [5.74, 6) is -3.40. The van der Waals surface area contributed by atoms with Crippen LogP contribution in [0, 0.1) is 0 Å². The first-order valence-electron chi connectivity index (χ1n) is 4.91. The molecular formula is C10H14ClF2N3OS. The van der Waals surface area contributed by atoms with Gasteiger partial charge in [-0.1, -0.05) is 0 Å². The molecule has 0 fully saturated rings. The monoisotopic (exact) mass is 297 g/mol. The highest BCUT2D eigenvalue weighted by Gasteiger charge is 2.26. The maximum atomic E-state index is 12.7. The van der Waals surface area contributed by atoms with E-state index in [1.807, 2.05) is 0 Å². The summed E-state index contributed by atoms with van der Waals surface area (Å²) in [7, 11) is 0.